The monoisotopic (exact) mass is 224 g/mol. The summed E-state index contributed by atoms with van der Waals surface area (Å²) in [4.78, 5) is 20.6. The second kappa shape index (κ2) is 5.65. The third-order valence-electron chi connectivity index (χ3n) is 2.85. The normalized spacial score (nSPS) is 12.8. The average Bonchev–Trinajstić information content (AvgIpc) is 2.64. The van der Waals surface area contributed by atoms with Crippen molar-refractivity contribution in [2.75, 3.05) is 14.1 Å². The van der Waals surface area contributed by atoms with Gasteiger partial charge in [0, 0.05) is 31.7 Å². The van der Waals surface area contributed by atoms with Crippen LogP contribution in [0.1, 0.15) is 24.7 Å². The lowest BCUT2D eigenvalue weighted by Gasteiger charge is -2.23. The molecule has 5 heteroatoms. The molecule has 0 fully saturated rings. The fraction of sp³-hybridized carbons (Fsp3) is 0.636. The van der Waals surface area contributed by atoms with Gasteiger partial charge in [0.15, 0.2) is 0 Å². The highest BCUT2D eigenvalue weighted by molar-refractivity contribution is 5.76. The lowest BCUT2D eigenvalue weighted by atomic mass is 10.2. The van der Waals surface area contributed by atoms with E-state index in [9.17, 15) is 4.79 Å². The zero-order valence-corrected chi connectivity index (χ0v) is 10.4. The van der Waals surface area contributed by atoms with E-state index in [0.717, 1.165) is 17.9 Å². The van der Waals surface area contributed by atoms with Crippen LogP contribution in [0.5, 0.6) is 0 Å². The van der Waals surface area contributed by atoms with Crippen LogP contribution in [0, 0.1) is 6.92 Å². The van der Waals surface area contributed by atoms with Gasteiger partial charge in [0.1, 0.15) is 0 Å². The number of H-pyrrole nitrogens is 1. The van der Waals surface area contributed by atoms with Crippen LogP contribution >= 0.6 is 0 Å². The van der Waals surface area contributed by atoms with Crippen molar-refractivity contribution >= 4 is 5.91 Å². The highest BCUT2D eigenvalue weighted by atomic mass is 16.1. The van der Waals surface area contributed by atoms with Crippen molar-refractivity contribution in [3.63, 3.8) is 0 Å². The molecule has 0 aliphatic heterocycles. The van der Waals surface area contributed by atoms with Crippen molar-refractivity contribution < 1.29 is 4.79 Å². The van der Waals surface area contributed by atoms with E-state index in [1.165, 1.54) is 0 Å². The van der Waals surface area contributed by atoms with E-state index in [-0.39, 0.29) is 11.9 Å². The predicted molar refractivity (Wildman–Crippen MR) is 62.9 cm³/mol. The number of aromatic amines is 1. The summed E-state index contributed by atoms with van der Waals surface area (Å²) in [5.41, 5.74) is 2.12. The van der Waals surface area contributed by atoms with Crippen LogP contribution < -0.4 is 5.32 Å². The maximum atomic E-state index is 11.2. The molecule has 0 aromatic carbocycles. The summed E-state index contributed by atoms with van der Waals surface area (Å²) in [6, 6.07) is 0.205. The molecular formula is C11H20N4O. The van der Waals surface area contributed by atoms with E-state index in [2.05, 4.69) is 20.2 Å². The number of aromatic nitrogens is 2. The SMILES string of the molecule is CNC(=O)CC(C)N(C)Cc1nc[nH]c1C. The molecule has 0 radical (unpaired) electrons. The molecule has 2 N–H and O–H groups in total. The van der Waals surface area contributed by atoms with Gasteiger partial charge >= 0.3 is 0 Å². The van der Waals surface area contributed by atoms with Crippen molar-refractivity contribution in [2.24, 2.45) is 0 Å². The molecule has 1 heterocycles. The Hall–Kier alpha value is -1.36. The molecule has 0 spiro atoms. The first kappa shape index (κ1) is 12.7. The fourth-order valence-electron chi connectivity index (χ4n) is 1.46. The second-order valence-electron chi connectivity index (χ2n) is 4.12. The molecule has 90 valence electrons. The number of aryl methyl sites for hydroxylation is 1. The number of nitrogens with zero attached hydrogens (tertiary/aromatic N) is 2. The highest BCUT2D eigenvalue weighted by Crippen LogP contribution is 2.08. The molecule has 0 aliphatic carbocycles. The zero-order valence-electron chi connectivity index (χ0n) is 10.4. The molecule has 1 rings (SSSR count). The number of carbonyl (C=O) groups is 1. The third-order valence-corrected chi connectivity index (χ3v) is 2.85. The number of rotatable bonds is 5. The van der Waals surface area contributed by atoms with Crippen molar-refractivity contribution in [2.45, 2.75) is 32.9 Å². The van der Waals surface area contributed by atoms with E-state index in [1.807, 2.05) is 20.9 Å². The van der Waals surface area contributed by atoms with Crippen LogP contribution in [0.15, 0.2) is 6.33 Å². The molecule has 0 saturated heterocycles. The summed E-state index contributed by atoms with van der Waals surface area (Å²) < 4.78 is 0. The van der Waals surface area contributed by atoms with Crippen LogP contribution in [0.25, 0.3) is 0 Å². The first-order valence-electron chi connectivity index (χ1n) is 5.44. The predicted octanol–water partition coefficient (Wildman–Crippen LogP) is 0.675. The van der Waals surface area contributed by atoms with Gasteiger partial charge in [-0.05, 0) is 20.9 Å². The number of hydrogen-bond acceptors (Lipinski definition) is 3. The lowest BCUT2D eigenvalue weighted by Crippen LogP contribution is -2.34. The van der Waals surface area contributed by atoms with Crippen molar-refractivity contribution in [3.05, 3.63) is 17.7 Å². The number of imidazole rings is 1. The topological polar surface area (TPSA) is 61.0 Å². The Kier molecular flexibility index (Phi) is 4.49. The molecule has 0 aliphatic rings. The Balaban J connectivity index is 2.49. The first-order chi connectivity index (χ1) is 7.54. The molecule has 0 bridgehead atoms. The van der Waals surface area contributed by atoms with Gasteiger partial charge in [-0.15, -0.1) is 0 Å². The van der Waals surface area contributed by atoms with Gasteiger partial charge in [-0.25, -0.2) is 4.98 Å². The second-order valence-corrected chi connectivity index (χ2v) is 4.12. The van der Waals surface area contributed by atoms with Crippen LogP contribution in [-0.2, 0) is 11.3 Å². The minimum Gasteiger partial charge on any atom is -0.359 e. The van der Waals surface area contributed by atoms with Gasteiger partial charge in [-0.2, -0.15) is 0 Å². The standard InChI is InChI=1S/C11H20N4O/c1-8(5-11(16)12-3)15(4)6-10-9(2)13-7-14-10/h7-8H,5-6H2,1-4H3,(H,12,16)(H,13,14). The van der Waals surface area contributed by atoms with Gasteiger partial charge in [0.2, 0.25) is 5.91 Å². The summed E-state index contributed by atoms with van der Waals surface area (Å²) >= 11 is 0. The first-order valence-corrected chi connectivity index (χ1v) is 5.44. The van der Waals surface area contributed by atoms with E-state index < -0.39 is 0 Å². The number of carbonyl (C=O) groups excluding carboxylic acids is 1. The quantitative estimate of drug-likeness (QED) is 0.773. The number of hydrogen-bond donors (Lipinski definition) is 2. The van der Waals surface area contributed by atoms with Gasteiger partial charge < -0.3 is 10.3 Å². The summed E-state index contributed by atoms with van der Waals surface area (Å²) in [7, 11) is 3.66. The van der Waals surface area contributed by atoms with Gasteiger partial charge in [0.25, 0.3) is 0 Å². The van der Waals surface area contributed by atoms with Crippen molar-refractivity contribution in [1.29, 1.82) is 0 Å². The molecule has 1 unspecified atom stereocenters. The Bertz CT molecular complexity index is 348. The van der Waals surface area contributed by atoms with E-state index in [0.29, 0.717) is 6.42 Å². The Labute approximate surface area is 96.3 Å². The largest absolute Gasteiger partial charge is 0.359 e. The highest BCUT2D eigenvalue weighted by Gasteiger charge is 2.14. The van der Waals surface area contributed by atoms with Crippen molar-refractivity contribution in [1.82, 2.24) is 20.2 Å². The van der Waals surface area contributed by atoms with E-state index in [4.69, 9.17) is 0 Å². The average molecular weight is 224 g/mol. The minimum atomic E-state index is 0.0677. The molecule has 1 amide bonds. The number of nitrogens with one attached hydrogen (secondary N) is 2. The molecular weight excluding hydrogens is 204 g/mol. The van der Waals surface area contributed by atoms with Crippen LogP contribution in [-0.4, -0.2) is 40.9 Å². The number of amides is 1. The molecule has 0 saturated carbocycles. The van der Waals surface area contributed by atoms with Gasteiger partial charge in [-0.1, -0.05) is 0 Å². The maximum Gasteiger partial charge on any atom is 0.221 e. The van der Waals surface area contributed by atoms with Crippen LogP contribution in [0.4, 0.5) is 0 Å². The van der Waals surface area contributed by atoms with Gasteiger partial charge in [-0.3, -0.25) is 9.69 Å². The smallest absolute Gasteiger partial charge is 0.221 e. The molecule has 1 aromatic heterocycles. The molecule has 5 nitrogen and oxygen atoms in total. The van der Waals surface area contributed by atoms with E-state index in [1.54, 1.807) is 13.4 Å². The summed E-state index contributed by atoms with van der Waals surface area (Å²) in [5.74, 6) is 0.0677. The fourth-order valence-corrected chi connectivity index (χ4v) is 1.46. The Morgan fingerprint density at radius 1 is 1.69 bits per heavy atom. The lowest BCUT2D eigenvalue weighted by molar-refractivity contribution is -0.121. The van der Waals surface area contributed by atoms with Crippen LogP contribution in [0.3, 0.4) is 0 Å². The Morgan fingerprint density at radius 3 is 2.88 bits per heavy atom. The van der Waals surface area contributed by atoms with Crippen LogP contribution in [0.2, 0.25) is 0 Å². The van der Waals surface area contributed by atoms with Crippen molar-refractivity contribution in [3.8, 4) is 0 Å². The summed E-state index contributed by atoms with van der Waals surface area (Å²) in [6.07, 6.45) is 2.21. The Morgan fingerprint density at radius 2 is 2.38 bits per heavy atom. The minimum absolute atomic E-state index is 0.0677. The summed E-state index contributed by atoms with van der Waals surface area (Å²) in [5, 5.41) is 2.63. The van der Waals surface area contributed by atoms with Gasteiger partial charge in [0.05, 0.1) is 12.0 Å². The third kappa shape index (κ3) is 3.34. The zero-order chi connectivity index (χ0) is 12.1. The van der Waals surface area contributed by atoms with E-state index >= 15 is 0 Å². The molecule has 1 aromatic rings. The summed E-state index contributed by atoms with van der Waals surface area (Å²) in [6.45, 7) is 4.80. The molecule has 1 atom stereocenters. The maximum absolute atomic E-state index is 11.2. The molecule has 16 heavy (non-hydrogen) atoms.